The topological polar surface area (TPSA) is 104 Å². The van der Waals surface area contributed by atoms with Gasteiger partial charge >= 0.3 is 6.16 Å². The minimum Gasteiger partial charge on any atom is -0.450 e. The summed E-state index contributed by atoms with van der Waals surface area (Å²) in [4.78, 5) is 9.10. The van der Waals surface area contributed by atoms with Gasteiger partial charge in [0.05, 0.1) is 0 Å². The molecule has 0 bridgehead atoms. The highest BCUT2D eigenvalue weighted by molar-refractivity contribution is 7.91. The molecule has 31 heavy (non-hydrogen) atoms. The van der Waals surface area contributed by atoms with E-state index in [0.29, 0.717) is 15.5 Å². The summed E-state index contributed by atoms with van der Waals surface area (Å²) >= 11 is 6.83. The summed E-state index contributed by atoms with van der Waals surface area (Å²) in [5.41, 5.74) is 1.26. The fourth-order valence-corrected chi connectivity index (χ4v) is 6.08. The molecule has 0 amide bonds. The molecule has 2 aromatic carbocycles. The highest BCUT2D eigenvalue weighted by Crippen LogP contribution is 2.48. The Morgan fingerprint density at radius 3 is 2.42 bits per heavy atom. The first-order valence-corrected chi connectivity index (χ1v) is 11.8. The maximum atomic E-state index is 14.1. The fourth-order valence-electron chi connectivity index (χ4n) is 3.22. The summed E-state index contributed by atoms with van der Waals surface area (Å²) in [5, 5.41) is 14.2. The van der Waals surface area contributed by atoms with E-state index in [0.717, 1.165) is 23.3 Å². The van der Waals surface area contributed by atoms with E-state index in [9.17, 15) is 12.8 Å². The van der Waals surface area contributed by atoms with Crippen molar-refractivity contribution < 1.29 is 27.8 Å². The van der Waals surface area contributed by atoms with Crippen LogP contribution in [-0.4, -0.2) is 30.8 Å². The zero-order valence-corrected chi connectivity index (χ0v) is 18.6. The fraction of sp³-hybridized carbons (Fsp3) is 0.190. The molecule has 3 aromatic rings. The molecule has 1 fully saturated rings. The third-order valence-corrected chi connectivity index (χ3v) is 8.33. The minimum atomic E-state index is -3.66. The van der Waals surface area contributed by atoms with Crippen molar-refractivity contribution in [2.24, 2.45) is 0 Å². The number of carboxylic acid groups (broad SMARTS) is 2. The van der Waals surface area contributed by atoms with E-state index < -0.39 is 22.0 Å². The molecule has 0 unspecified atom stereocenters. The molecule has 3 N–H and O–H groups in total. The molecule has 0 aliphatic heterocycles. The van der Waals surface area contributed by atoms with Crippen LogP contribution < -0.4 is 4.72 Å². The SMILES string of the molecule is C[C@]1(c2ccccc2)C[C@@H]1NS(=O)(=O)c1ccc(-c2ccc(Cl)cc2F)s1.O=C(O)O. The molecule has 164 valence electrons. The number of thiophene rings is 1. The molecular weight excluding hydrogens is 465 g/mol. The van der Waals surface area contributed by atoms with Gasteiger partial charge < -0.3 is 10.2 Å². The summed E-state index contributed by atoms with van der Waals surface area (Å²) < 4.78 is 42.6. The van der Waals surface area contributed by atoms with Gasteiger partial charge in [0.15, 0.2) is 0 Å². The van der Waals surface area contributed by atoms with Crippen molar-refractivity contribution in [1.29, 1.82) is 0 Å². The second kappa shape index (κ2) is 8.96. The van der Waals surface area contributed by atoms with Crippen LogP contribution in [0.5, 0.6) is 0 Å². The number of nitrogens with one attached hydrogen (secondary N) is 1. The second-order valence-corrected chi connectivity index (χ2v) is 10.6. The van der Waals surface area contributed by atoms with E-state index >= 15 is 0 Å². The Kier molecular flexibility index (Phi) is 6.70. The molecule has 0 radical (unpaired) electrons. The molecule has 1 aromatic heterocycles. The zero-order valence-electron chi connectivity index (χ0n) is 16.2. The predicted octanol–water partition coefficient (Wildman–Crippen LogP) is 5.44. The Morgan fingerprint density at radius 2 is 1.81 bits per heavy atom. The Bertz CT molecular complexity index is 1200. The molecular formula is C21H19ClFNO5S2. The van der Waals surface area contributed by atoms with E-state index in [-0.39, 0.29) is 15.7 Å². The van der Waals surface area contributed by atoms with Gasteiger partial charge in [0.1, 0.15) is 10.0 Å². The van der Waals surface area contributed by atoms with Crippen LogP contribution in [-0.2, 0) is 15.4 Å². The normalized spacial score (nSPS) is 19.9. The van der Waals surface area contributed by atoms with Gasteiger partial charge in [-0.1, -0.05) is 48.9 Å². The van der Waals surface area contributed by atoms with Gasteiger partial charge in [-0.25, -0.2) is 22.3 Å². The van der Waals surface area contributed by atoms with E-state index in [2.05, 4.69) is 11.6 Å². The van der Waals surface area contributed by atoms with Crippen LogP contribution in [0, 0.1) is 5.82 Å². The smallest absolute Gasteiger partial charge is 0.450 e. The summed E-state index contributed by atoms with van der Waals surface area (Å²) in [7, 11) is -3.66. The molecule has 1 heterocycles. The summed E-state index contributed by atoms with van der Waals surface area (Å²) in [6.07, 6.45) is -1.08. The first-order chi connectivity index (χ1) is 14.5. The molecule has 1 saturated carbocycles. The van der Waals surface area contributed by atoms with Crippen molar-refractivity contribution in [2.45, 2.75) is 29.0 Å². The summed E-state index contributed by atoms with van der Waals surface area (Å²) in [5.74, 6) is -0.472. The number of carbonyl (C=O) groups is 1. The van der Waals surface area contributed by atoms with Crippen molar-refractivity contribution in [3.8, 4) is 10.4 Å². The number of hydrogen-bond acceptors (Lipinski definition) is 4. The van der Waals surface area contributed by atoms with Crippen molar-refractivity contribution >= 4 is 39.1 Å². The van der Waals surface area contributed by atoms with Gasteiger partial charge in [0.25, 0.3) is 0 Å². The quantitative estimate of drug-likeness (QED) is 0.448. The summed E-state index contributed by atoms with van der Waals surface area (Å²) in [6.45, 7) is 2.05. The van der Waals surface area contributed by atoms with Gasteiger partial charge in [-0.3, -0.25) is 0 Å². The highest BCUT2D eigenvalue weighted by atomic mass is 35.5. The van der Waals surface area contributed by atoms with E-state index in [1.54, 1.807) is 18.2 Å². The Labute approximate surface area is 188 Å². The molecule has 6 nitrogen and oxygen atoms in total. The third kappa shape index (κ3) is 5.43. The van der Waals surface area contributed by atoms with Gasteiger partial charge in [-0.2, -0.15) is 0 Å². The third-order valence-electron chi connectivity index (χ3n) is 5.01. The molecule has 4 rings (SSSR count). The molecule has 0 spiro atoms. The molecule has 2 atom stereocenters. The van der Waals surface area contributed by atoms with Gasteiger partial charge in [-0.15, -0.1) is 11.3 Å². The Morgan fingerprint density at radius 1 is 1.16 bits per heavy atom. The maximum absolute atomic E-state index is 14.1. The van der Waals surface area contributed by atoms with Crippen LogP contribution in [0.4, 0.5) is 9.18 Å². The Balaban J connectivity index is 0.000000628. The molecule has 0 saturated heterocycles. The van der Waals surface area contributed by atoms with Gasteiger partial charge in [0, 0.05) is 26.9 Å². The van der Waals surface area contributed by atoms with Crippen molar-refractivity contribution in [1.82, 2.24) is 4.72 Å². The lowest BCUT2D eigenvalue weighted by Crippen LogP contribution is -2.29. The monoisotopic (exact) mass is 483 g/mol. The number of benzene rings is 2. The number of rotatable bonds is 5. The Hall–Kier alpha value is -2.46. The maximum Gasteiger partial charge on any atom is 0.503 e. The van der Waals surface area contributed by atoms with Crippen LogP contribution in [0.2, 0.25) is 5.02 Å². The van der Waals surface area contributed by atoms with Gasteiger partial charge in [0.2, 0.25) is 10.0 Å². The lowest BCUT2D eigenvalue weighted by molar-refractivity contribution is 0.137. The van der Waals surface area contributed by atoms with E-state index in [1.807, 2.05) is 30.3 Å². The zero-order chi connectivity index (χ0) is 22.8. The standard InChI is InChI=1S/C20H17ClFNO2S2.CH2O3/c1-20(13-5-3-2-4-6-13)12-18(20)23-27(24,25)19-10-9-17(26-19)15-8-7-14(21)11-16(15)22;2-1(3)4/h2-11,18,23H,12H2,1H3;(H2,2,3,4)/t18-,20+;/m0./s1. The average molecular weight is 484 g/mol. The molecule has 1 aliphatic carbocycles. The van der Waals surface area contributed by atoms with Crippen LogP contribution in [0.3, 0.4) is 0 Å². The first-order valence-electron chi connectivity index (χ1n) is 9.08. The van der Waals surface area contributed by atoms with Crippen LogP contribution in [0.1, 0.15) is 18.9 Å². The van der Waals surface area contributed by atoms with E-state index in [1.165, 1.54) is 12.1 Å². The van der Waals surface area contributed by atoms with Crippen LogP contribution in [0.15, 0.2) is 64.9 Å². The highest BCUT2D eigenvalue weighted by Gasteiger charge is 2.53. The largest absolute Gasteiger partial charge is 0.503 e. The second-order valence-electron chi connectivity index (χ2n) is 7.19. The summed E-state index contributed by atoms with van der Waals surface area (Å²) in [6, 6.07) is 17.2. The van der Waals surface area contributed by atoms with Crippen molar-refractivity contribution in [3.63, 3.8) is 0 Å². The number of sulfonamides is 1. The predicted molar refractivity (Wildman–Crippen MR) is 118 cm³/mol. The lowest BCUT2D eigenvalue weighted by atomic mass is 9.98. The first kappa shape index (κ1) is 23.2. The molecule has 1 aliphatic rings. The molecule has 10 heteroatoms. The average Bonchev–Trinajstić information content (AvgIpc) is 3.11. The van der Waals surface area contributed by atoms with Crippen LogP contribution >= 0.6 is 22.9 Å². The number of hydrogen-bond donors (Lipinski definition) is 3. The van der Waals surface area contributed by atoms with E-state index in [4.69, 9.17) is 26.6 Å². The number of halogens is 2. The van der Waals surface area contributed by atoms with Crippen molar-refractivity contribution in [3.05, 3.63) is 77.1 Å². The van der Waals surface area contributed by atoms with Crippen LogP contribution in [0.25, 0.3) is 10.4 Å². The van der Waals surface area contributed by atoms with Gasteiger partial charge in [-0.05, 0) is 42.3 Å². The van der Waals surface area contributed by atoms with Crippen molar-refractivity contribution in [2.75, 3.05) is 0 Å². The lowest BCUT2D eigenvalue weighted by Gasteiger charge is -2.12. The minimum absolute atomic E-state index is 0.150.